The van der Waals surface area contributed by atoms with Gasteiger partial charge in [-0.2, -0.15) is 5.10 Å². The molecule has 6 nitrogen and oxygen atoms in total. The van der Waals surface area contributed by atoms with Gasteiger partial charge in [-0.1, -0.05) is 0 Å². The maximum Gasteiger partial charge on any atom is 0.274 e. The molecule has 1 aromatic carbocycles. The molecule has 6 heteroatoms. The minimum absolute atomic E-state index is 0.153. The SMILES string of the molecule is Nc1ccc(-n2ccc(C(=O)N3CC(O)C3)n2)cc1. The monoisotopic (exact) mass is 258 g/mol. The zero-order chi connectivity index (χ0) is 13.4. The lowest BCUT2D eigenvalue weighted by atomic mass is 10.1. The minimum Gasteiger partial charge on any atom is -0.399 e. The molecule has 0 saturated carbocycles. The Morgan fingerprint density at radius 1 is 1.26 bits per heavy atom. The number of hydrogen-bond acceptors (Lipinski definition) is 4. The molecule has 1 saturated heterocycles. The van der Waals surface area contributed by atoms with Gasteiger partial charge in [0.2, 0.25) is 0 Å². The lowest BCUT2D eigenvalue weighted by Gasteiger charge is -2.35. The topological polar surface area (TPSA) is 84.4 Å². The van der Waals surface area contributed by atoms with E-state index in [1.54, 1.807) is 34.0 Å². The van der Waals surface area contributed by atoms with Crippen LogP contribution in [0.25, 0.3) is 5.69 Å². The molecule has 0 spiro atoms. The number of nitrogens with two attached hydrogens (primary N) is 1. The van der Waals surface area contributed by atoms with E-state index in [2.05, 4.69) is 5.10 Å². The van der Waals surface area contributed by atoms with Gasteiger partial charge in [0, 0.05) is 25.0 Å². The summed E-state index contributed by atoms with van der Waals surface area (Å²) in [6.45, 7) is 0.765. The average Bonchev–Trinajstić information content (AvgIpc) is 2.85. The molecule has 2 aromatic rings. The molecule has 0 atom stereocenters. The summed E-state index contributed by atoms with van der Waals surface area (Å²) in [5.41, 5.74) is 7.53. The summed E-state index contributed by atoms with van der Waals surface area (Å²) in [5.74, 6) is -0.153. The van der Waals surface area contributed by atoms with Gasteiger partial charge in [-0.3, -0.25) is 4.79 Å². The van der Waals surface area contributed by atoms with Gasteiger partial charge in [0.05, 0.1) is 11.8 Å². The highest BCUT2D eigenvalue weighted by Gasteiger charge is 2.30. The van der Waals surface area contributed by atoms with Crippen LogP contribution in [0.15, 0.2) is 36.5 Å². The van der Waals surface area contributed by atoms with Crippen LogP contribution in [0.4, 0.5) is 5.69 Å². The Labute approximate surface area is 110 Å². The number of anilines is 1. The number of nitrogens with zero attached hydrogens (tertiary/aromatic N) is 3. The van der Waals surface area contributed by atoms with E-state index in [4.69, 9.17) is 5.73 Å². The second kappa shape index (κ2) is 4.40. The number of carbonyl (C=O) groups excluding carboxylic acids is 1. The molecular weight excluding hydrogens is 244 g/mol. The number of likely N-dealkylation sites (tertiary alicyclic amines) is 1. The van der Waals surface area contributed by atoms with Crippen molar-refractivity contribution >= 4 is 11.6 Å². The molecule has 1 aliphatic rings. The van der Waals surface area contributed by atoms with E-state index >= 15 is 0 Å². The Morgan fingerprint density at radius 2 is 1.95 bits per heavy atom. The molecule has 0 aliphatic carbocycles. The number of hydrogen-bond donors (Lipinski definition) is 2. The molecule has 0 unspecified atom stereocenters. The fraction of sp³-hybridized carbons (Fsp3) is 0.231. The van der Waals surface area contributed by atoms with E-state index in [0.29, 0.717) is 24.5 Å². The van der Waals surface area contributed by atoms with Crippen molar-refractivity contribution in [3.63, 3.8) is 0 Å². The lowest BCUT2D eigenvalue weighted by molar-refractivity contribution is 0.00547. The number of aromatic nitrogens is 2. The van der Waals surface area contributed by atoms with Crippen LogP contribution >= 0.6 is 0 Å². The van der Waals surface area contributed by atoms with Crippen LogP contribution in [-0.2, 0) is 0 Å². The Bertz CT molecular complexity index is 599. The average molecular weight is 258 g/mol. The van der Waals surface area contributed by atoms with E-state index in [-0.39, 0.29) is 5.91 Å². The second-order valence-corrected chi connectivity index (χ2v) is 4.60. The molecule has 3 rings (SSSR count). The highest BCUT2D eigenvalue weighted by Crippen LogP contribution is 2.14. The van der Waals surface area contributed by atoms with E-state index in [0.717, 1.165) is 5.69 Å². The molecule has 0 radical (unpaired) electrons. The summed E-state index contributed by atoms with van der Waals surface area (Å²) in [5, 5.41) is 13.4. The minimum atomic E-state index is -0.400. The first-order valence-electron chi connectivity index (χ1n) is 6.02. The Kier molecular flexibility index (Phi) is 2.72. The maximum atomic E-state index is 12.0. The lowest BCUT2D eigenvalue weighted by Crippen LogP contribution is -2.53. The second-order valence-electron chi connectivity index (χ2n) is 4.60. The quantitative estimate of drug-likeness (QED) is 0.757. The third kappa shape index (κ3) is 2.17. The van der Waals surface area contributed by atoms with Crippen molar-refractivity contribution in [3.8, 4) is 5.69 Å². The number of aliphatic hydroxyl groups is 1. The Balaban J connectivity index is 1.79. The van der Waals surface area contributed by atoms with Gasteiger partial charge in [-0.05, 0) is 30.3 Å². The van der Waals surface area contributed by atoms with Crippen molar-refractivity contribution in [3.05, 3.63) is 42.2 Å². The van der Waals surface area contributed by atoms with Gasteiger partial charge < -0.3 is 15.7 Å². The number of β-amino-alcohol motifs (C(OH)–C–C–N with tert-alkyl or cyclic N) is 1. The van der Waals surface area contributed by atoms with Crippen LogP contribution < -0.4 is 5.73 Å². The fourth-order valence-electron chi connectivity index (χ4n) is 1.99. The summed E-state index contributed by atoms with van der Waals surface area (Å²) in [6, 6.07) is 8.91. The molecule has 19 heavy (non-hydrogen) atoms. The Morgan fingerprint density at radius 3 is 2.58 bits per heavy atom. The first kappa shape index (κ1) is 11.7. The zero-order valence-corrected chi connectivity index (χ0v) is 10.2. The summed E-state index contributed by atoms with van der Waals surface area (Å²) < 4.78 is 1.63. The van der Waals surface area contributed by atoms with Crippen molar-refractivity contribution in [1.29, 1.82) is 0 Å². The van der Waals surface area contributed by atoms with Gasteiger partial charge in [0.1, 0.15) is 0 Å². The fourth-order valence-corrected chi connectivity index (χ4v) is 1.99. The van der Waals surface area contributed by atoms with E-state index in [1.807, 2.05) is 12.1 Å². The molecule has 2 heterocycles. The molecule has 1 fully saturated rings. The number of rotatable bonds is 2. The highest BCUT2D eigenvalue weighted by atomic mass is 16.3. The third-order valence-electron chi connectivity index (χ3n) is 3.12. The van der Waals surface area contributed by atoms with Gasteiger partial charge in [-0.25, -0.2) is 4.68 Å². The Hall–Kier alpha value is -2.34. The first-order chi connectivity index (χ1) is 9.13. The van der Waals surface area contributed by atoms with Crippen LogP contribution in [0.5, 0.6) is 0 Å². The standard InChI is InChI=1S/C13H14N4O2/c14-9-1-3-10(4-2-9)17-6-5-12(15-17)13(19)16-7-11(18)8-16/h1-6,11,18H,7-8,14H2. The number of carbonyl (C=O) groups is 1. The predicted molar refractivity (Wildman–Crippen MR) is 69.9 cm³/mol. The van der Waals surface area contributed by atoms with Crippen molar-refractivity contribution in [2.45, 2.75) is 6.10 Å². The molecule has 98 valence electrons. The van der Waals surface area contributed by atoms with Crippen LogP contribution in [0.2, 0.25) is 0 Å². The first-order valence-corrected chi connectivity index (χ1v) is 6.02. The summed E-state index contributed by atoms with van der Waals surface area (Å²) in [7, 11) is 0. The molecule has 1 aromatic heterocycles. The van der Waals surface area contributed by atoms with Crippen LogP contribution in [0.3, 0.4) is 0 Å². The summed E-state index contributed by atoms with van der Waals surface area (Å²) in [4.78, 5) is 13.6. The van der Waals surface area contributed by atoms with Gasteiger partial charge >= 0.3 is 0 Å². The van der Waals surface area contributed by atoms with Crippen molar-refractivity contribution < 1.29 is 9.90 Å². The largest absolute Gasteiger partial charge is 0.399 e. The predicted octanol–water partition coefficient (Wildman–Crippen LogP) is 0.271. The molecular formula is C13H14N4O2. The summed E-state index contributed by atoms with van der Waals surface area (Å²) >= 11 is 0. The van der Waals surface area contributed by atoms with Crippen LogP contribution in [-0.4, -0.2) is 44.9 Å². The van der Waals surface area contributed by atoms with E-state index in [9.17, 15) is 9.90 Å². The zero-order valence-electron chi connectivity index (χ0n) is 10.2. The summed E-state index contributed by atoms with van der Waals surface area (Å²) in [6.07, 6.45) is 1.33. The normalized spacial score (nSPS) is 15.3. The van der Waals surface area contributed by atoms with E-state index in [1.165, 1.54) is 0 Å². The van der Waals surface area contributed by atoms with Crippen molar-refractivity contribution in [1.82, 2.24) is 14.7 Å². The number of nitrogen functional groups attached to an aromatic ring is 1. The molecule has 1 aliphatic heterocycles. The van der Waals surface area contributed by atoms with Crippen LogP contribution in [0.1, 0.15) is 10.5 Å². The van der Waals surface area contributed by atoms with Gasteiger partial charge in [-0.15, -0.1) is 0 Å². The molecule has 0 bridgehead atoms. The van der Waals surface area contributed by atoms with Crippen LogP contribution in [0, 0.1) is 0 Å². The maximum absolute atomic E-state index is 12.0. The smallest absolute Gasteiger partial charge is 0.274 e. The van der Waals surface area contributed by atoms with Gasteiger partial charge in [0.25, 0.3) is 5.91 Å². The molecule has 3 N–H and O–H groups in total. The van der Waals surface area contributed by atoms with Crippen molar-refractivity contribution in [2.75, 3.05) is 18.8 Å². The number of benzene rings is 1. The number of aliphatic hydroxyl groups excluding tert-OH is 1. The third-order valence-corrected chi connectivity index (χ3v) is 3.12. The highest BCUT2D eigenvalue weighted by molar-refractivity contribution is 5.92. The molecule has 1 amide bonds. The van der Waals surface area contributed by atoms with E-state index < -0.39 is 6.10 Å². The van der Waals surface area contributed by atoms with Crippen molar-refractivity contribution in [2.24, 2.45) is 0 Å². The number of amides is 1. The van der Waals surface area contributed by atoms with Gasteiger partial charge in [0.15, 0.2) is 5.69 Å².